The molecule has 0 aliphatic carbocycles. The van der Waals surface area contributed by atoms with Crippen LogP contribution in [0.25, 0.3) is 0 Å². The van der Waals surface area contributed by atoms with Gasteiger partial charge in [0.15, 0.2) is 0 Å². The van der Waals surface area contributed by atoms with Crippen molar-refractivity contribution < 1.29 is 9.59 Å². The van der Waals surface area contributed by atoms with E-state index < -0.39 is 0 Å². The molecule has 0 aromatic carbocycles. The van der Waals surface area contributed by atoms with E-state index in [-0.39, 0.29) is 24.1 Å². The van der Waals surface area contributed by atoms with E-state index in [1.165, 1.54) is 11.8 Å². The highest BCUT2D eigenvalue weighted by Crippen LogP contribution is 2.17. The van der Waals surface area contributed by atoms with Crippen molar-refractivity contribution in [2.75, 3.05) is 25.4 Å². The predicted molar refractivity (Wildman–Crippen MR) is 81.9 cm³/mol. The standard InChI is InChI=1S/C15H17N3O2S/c1-2-7-16-13(19)11-21-14-6-5-12(10-17-14)15(20)18-8-3-4-9-18/h1,5-6,10H,3-4,7-9,11H2,(H,16,19). The number of nitrogens with zero attached hydrogens (tertiary/aromatic N) is 2. The molecule has 110 valence electrons. The van der Waals surface area contributed by atoms with Crippen molar-refractivity contribution in [3.05, 3.63) is 23.9 Å². The van der Waals surface area contributed by atoms with Crippen molar-refractivity contribution >= 4 is 23.6 Å². The number of thioether (sulfide) groups is 1. The summed E-state index contributed by atoms with van der Waals surface area (Å²) in [5.74, 6) is 2.51. The van der Waals surface area contributed by atoms with Crippen LogP contribution < -0.4 is 5.32 Å². The maximum atomic E-state index is 12.1. The van der Waals surface area contributed by atoms with Crippen LogP contribution in [0.1, 0.15) is 23.2 Å². The average molecular weight is 303 g/mol. The molecule has 0 unspecified atom stereocenters. The highest BCUT2D eigenvalue weighted by Gasteiger charge is 2.19. The van der Waals surface area contributed by atoms with Gasteiger partial charge >= 0.3 is 0 Å². The minimum absolute atomic E-state index is 0.0308. The number of amides is 2. The van der Waals surface area contributed by atoms with E-state index in [1.54, 1.807) is 18.3 Å². The van der Waals surface area contributed by atoms with Gasteiger partial charge in [0.1, 0.15) is 0 Å². The quantitative estimate of drug-likeness (QED) is 0.655. The van der Waals surface area contributed by atoms with Crippen LogP contribution in [0.4, 0.5) is 0 Å². The lowest BCUT2D eigenvalue weighted by Crippen LogP contribution is -2.27. The Morgan fingerprint density at radius 2 is 2.14 bits per heavy atom. The monoisotopic (exact) mass is 303 g/mol. The Hall–Kier alpha value is -2.00. The van der Waals surface area contributed by atoms with Gasteiger partial charge in [-0.15, -0.1) is 6.42 Å². The van der Waals surface area contributed by atoms with Crippen LogP contribution in [-0.2, 0) is 4.79 Å². The molecule has 0 atom stereocenters. The van der Waals surface area contributed by atoms with Gasteiger partial charge < -0.3 is 10.2 Å². The molecule has 1 saturated heterocycles. The summed E-state index contributed by atoms with van der Waals surface area (Å²) >= 11 is 1.31. The van der Waals surface area contributed by atoms with E-state index in [0.29, 0.717) is 10.6 Å². The van der Waals surface area contributed by atoms with E-state index in [4.69, 9.17) is 6.42 Å². The van der Waals surface area contributed by atoms with E-state index >= 15 is 0 Å². The summed E-state index contributed by atoms with van der Waals surface area (Å²) in [4.78, 5) is 29.6. The van der Waals surface area contributed by atoms with Gasteiger partial charge in [-0.1, -0.05) is 17.7 Å². The molecule has 1 aliphatic rings. The Kier molecular flexibility index (Phi) is 5.64. The normalized spacial score (nSPS) is 13.8. The number of aromatic nitrogens is 1. The lowest BCUT2D eigenvalue weighted by atomic mass is 10.2. The summed E-state index contributed by atoms with van der Waals surface area (Å²) in [6.45, 7) is 1.88. The number of likely N-dealkylation sites (tertiary alicyclic amines) is 1. The molecule has 2 heterocycles. The summed E-state index contributed by atoms with van der Waals surface area (Å²) in [5.41, 5.74) is 0.595. The molecule has 5 nitrogen and oxygen atoms in total. The van der Waals surface area contributed by atoms with E-state index in [2.05, 4.69) is 16.2 Å². The van der Waals surface area contributed by atoms with E-state index in [1.807, 2.05) is 4.90 Å². The number of hydrogen-bond acceptors (Lipinski definition) is 4. The molecule has 1 fully saturated rings. The molecule has 0 spiro atoms. The van der Waals surface area contributed by atoms with Crippen LogP contribution in [0.15, 0.2) is 23.4 Å². The molecule has 1 aromatic rings. The highest BCUT2D eigenvalue weighted by atomic mass is 32.2. The Labute approximate surface area is 128 Å². The smallest absolute Gasteiger partial charge is 0.255 e. The highest BCUT2D eigenvalue weighted by molar-refractivity contribution is 7.99. The van der Waals surface area contributed by atoms with E-state index in [0.717, 1.165) is 25.9 Å². The van der Waals surface area contributed by atoms with Gasteiger partial charge in [-0.3, -0.25) is 9.59 Å². The van der Waals surface area contributed by atoms with Gasteiger partial charge in [0.2, 0.25) is 5.91 Å². The SMILES string of the molecule is C#CCNC(=O)CSc1ccc(C(=O)N2CCCC2)cn1. The van der Waals surface area contributed by atoms with Gasteiger partial charge in [-0.2, -0.15) is 0 Å². The van der Waals surface area contributed by atoms with Crippen LogP contribution in [0.5, 0.6) is 0 Å². The Bertz CT molecular complexity index is 545. The van der Waals surface area contributed by atoms with Gasteiger partial charge in [-0.05, 0) is 25.0 Å². The Morgan fingerprint density at radius 3 is 2.76 bits per heavy atom. The zero-order valence-corrected chi connectivity index (χ0v) is 12.5. The van der Waals surface area contributed by atoms with Crippen molar-refractivity contribution in [2.24, 2.45) is 0 Å². The summed E-state index contributed by atoms with van der Waals surface area (Å²) in [7, 11) is 0. The lowest BCUT2D eigenvalue weighted by Gasteiger charge is -2.14. The zero-order valence-electron chi connectivity index (χ0n) is 11.7. The molecule has 1 N–H and O–H groups in total. The molecule has 0 radical (unpaired) electrons. The molecule has 1 aromatic heterocycles. The fourth-order valence-corrected chi connectivity index (χ4v) is 2.71. The Balaban J connectivity index is 1.85. The molecular formula is C15H17N3O2S. The Morgan fingerprint density at radius 1 is 1.38 bits per heavy atom. The minimum Gasteiger partial charge on any atom is -0.344 e. The summed E-state index contributed by atoms with van der Waals surface area (Å²) < 4.78 is 0. The number of terminal acetylenes is 1. The fraction of sp³-hybridized carbons (Fsp3) is 0.400. The number of hydrogen-bond donors (Lipinski definition) is 1. The minimum atomic E-state index is -0.128. The number of nitrogens with one attached hydrogen (secondary N) is 1. The molecule has 2 amide bonds. The van der Waals surface area contributed by atoms with Crippen molar-refractivity contribution in [2.45, 2.75) is 17.9 Å². The third-order valence-corrected chi connectivity index (χ3v) is 4.06. The largest absolute Gasteiger partial charge is 0.344 e. The third kappa shape index (κ3) is 4.50. The van der Waals surface area contributed by atoms with Crippen LogP contribution >= 0.6 is 11.8 Å². The van der Waals surface area contributed by atoms with Crippen LogP contribution in [0.2, 0.25) is 0 Å². The van der Waals surface area contributed by atoms with Crippen molar-refractivity contribution in [3.8, 4) is 12.3 Å². The first kappa shape index (κ1) is 15.4. The maximum Gasteiger partial charge on any atom is 0.255 e. The average Bonchev–Trinajstić information content (AvgIpc) is 3.05. The number of rotatable bonds is 5. The number of carbonyl (C=O) groups excluding carboxylic acids is 2. The maximum absolute atomic E-state index is 12.1. The van der Waals surface area contributed by atoms with Crippen LogP contribution in [-0.4, -0.2) is 47.1 Å². The van der Waals surface area contributed by atoms with Crippen molar-refractivity contribution in [1.82, 2.24) is 15.2 Å². The second-order valence-corrected chi connectivity index (χ2v) is 5.65. The molecule has 1 aliphatic heterocycles. The first-order valence-electron chi connectivity index (χ1n) is 6.79. The summed E-state index contributed by atoms with van der Waals surface area (Å²) in [5, 5.41) is 3.30. The van der Waals surface area contributed by atoms with Crippen molar-refractivity contribution in [1.29, 1.82) is 0 Å². The number of pyridine rings is 1. The van der Waals surface area contributed by atoms with Crippen molar-refractivity contribution in [3.63, 3.8) is 0 Å². The molecule has 6 heteroatoms. The molecule has 0 saturated carbocycles. The first-order valence-corrected chi connectivity index (χ1v) is 7.77. The lowest BCUT2D eigenvalue weighted by molar-refractivity contribution is -0.118. The summed E-state index contributed by atoms with van der Waals surface area (Å²) in [6.07, 6.45) is 8.77. The second-order valence-electron chi connectivity index (χ2n) is 4.65. The van der Waals surface area contributed by atoms with Gasteiger partial charge in [0.25, 0.3) is 5.91 Å². The summed E-state index contributed by atoms with van der Waals surface area (Å²) in [6, 6.07) is 3.53. The molecule has 21 heavy (non-hydrogen) atoms. The molecule has 0 bridgehead atoms. The van der Waals surface area contributed by atoms with Crippen LogP contribution in [0.3, 0.4) is 0 Å². The van der Waals surface area contributed by atoms with E-state index in [9.17, 15) is 9.59 Å². The number of carbonyl (C=O) groups is 2. The van der Waals surface area contributed by atoms with Crippen LogP contribution in [0, 0.1) is 12.3 Å². The zero-order chi connectivity index (χ0) is 15.1. The predicted octanol–water partition coefficient (Wildman–Crippen LogP) is 1.16. The fourth-order valence-electron chi connectivity index (χ4n) is 2.04. The van der Waals surface area contributed by atoms with Gasteiger partial charge in [0, 0.05) is 19.3 Å². The van der Waals surface area contributed by atoms with Gasteiger partial charge in [-0.25, -0.2) is 4.98 Å². The topological polar surface area (TPSA) is 62.3 Å². The molecule has 2 rings (SSSR count). The van der Waals surface area contributed by atoms with Gasteiger partial charge in [0.05, 0.1) is 22.9 Å². The first-order chi connectivity index (χ1) is 10.2. The second kappa shape index (κ2) is 7.70. The third-order valence-electron chi connectivity index (χ3n) is 3.12. The molecular weight excluding hydrogens is 286 g/mol.